The molecule has 184 valence electrons. The Labute approximate surface area is 198 Å². The zero-order valence-corrected chi connectivity index (χ0v) is 21.1. The van der Waals surface area contributed by atoms with Gasteiger partial charge in [0.15, 0.2) is 0 Å². The molecular weight excluding hydrogens is 416 g/mol. The van der Waals surface area contributed by atoms with Crippen molar-refractivity contribution < 1.29 is 24.3 Å². The fourth-order valence-electron chi connectivity index (χ4n) is 8.78. The summed E-state index contributed by atoms with van der Waals surface area (Å²) in [4.78, 5) is 51.1. The number of carboxylic acids is 1. The van der Waals surface area contributed by atoms with Gasteiger partial charge in [-0.25, -0.2) is 0 Å². The fraction of sp³-hybridized carbons (Fsp3) is 0.857. The largest absolute Gasteiger partial charge is 0.481 e. The summed E-state index contributed by atoms with van der Waals surface area (Å²) in [6.45, 7) is 10.5. The third-order valence-electron chi connectivity index (χ3n) is 11.0. The summed E-state index contributed by atoms with van der Waals surface area (Å²) in [5.74, 6) is 0.578. The van der Waals surface area contributed by atoms with Gasteiger partial charge in [0.2, 0.25) is 0 Å². The zero-order chi connectivity index (χ0) is 24.3. The molecule has 5 nitrogen and oxygen atoms in total. The van der Waals surface area contributed by atoms with Gasteiger partial charge in [0.1, 0.15) is 17.3 Å². The van der Waals surface area contributed by atoms with Gasteiger partial charge in [-0.2, -0.15) is 0 Å². The van der Waals surface area contributed by atoms with Gasteiger partial charge < -0.3 is 5.11 Å². The molecule has 9 atom stereocenters. The van der Waals surface area contributed by atoms with Crippen LogP contribution in [0.1, 0.15) is 92.4 Å². The Kier molecular flexibility index (Phi) is 6.42. The molecule has 4 fully saturated rings. The second-order valence-electron chi connectivity index (χ2n) is 12.7. The molecule has 1 N–H and O–H groups in total. The molecule has 0 aromatic rings. The molecule has 5 heteroatoms. The van der Waals surface area contributed by atoms with E-state index >= 15 is 0 Å². The molecule has 1 unspecified atom stereocenters. The van der Waals surface area contributed by atoms with Crippen LogP contribution in [0.2, 0.25) is 0 Å². The average Bonchev–Trinajstić information content (AvgIpc) is 3.08. The third-order valence-corrected chi connectivity index (χ3v) is 11.0. The summed E-state index contributed by atoms with van der Waals surface area (Å²) < 4.78 is 0. The van der Waals surface area contributed by atoms with E-state index in [4.69, 9.17) is 0 Å². The van der Waals surface area contributed by atoms with Crippen LogP contribution in [0.15, 0.2) is 0 Å². The van der Waals surface area contributed by atoms with Crippen LogP contribution in [0.3, 0.4) is 0 Å². The quantitative estimate of drug-likeness (QED) is 0.580. The Morgan fingerprint density at radius 1 is 1.00 bits per heavy atom. The lowest BCUT2D eigenvalue weighted by Crippen LogP contribution is -2.60. The molecule has 0 bridgehead atoms. The first-order valence-corrected chi connectivity index (χ1v) is 13.2. The van der Waals surface area contributed by atoms with E-state index in [1.807, 2.05) is 13.8 Å². The number of Topliss-reactive ketones (excluding diaryl/α,β-unsaturated/α-hetero) is 3. The van der Waals surface area contributed by atoms with Gasteiger partial charge in [0, 0.05) is 37.0 Å². The van der Waals surface area contributed by atoms with Crippen molar-refractivity contribution in [3.8, 4) is 0 Å². The van der Waals surface area contributed by atoms with E-state index in [-0.39, 0.29) is 58.5 Å². The SMILES string of the molecule is CC(C)C(CC[C@@H](C)[C@H]1CC[C@H]2[C@@H]3C(=O)C[C@@H]4CC(=O)CC[C@]4(C)[C@H]3CC(=O)[C@]12C)C(=O)O. The van der Waals surface area contributed by atoms with Gasteiger partial charge >= 0.3 is 5.97 Å². The molecule has 4 saturated carbocycles. The molecule has 0 saturated heterocycles. The molecule has 0 aromatic carbocycles. The molecule has 0 spiro atoms. The molecule has 4 rings (SSSR count). The van der Waals surface area contributed by atoms with Crippen molar-refractivity contribution in [3.63, 3.8) is 0 Å². The van der Waals surface area contributed by atoms with Crippen molar-refractivity contribution in [2.75, 3.05) is 0 Å². The molecular formula is C28H42O5. The Hall–Kier alpha value is -1.52. The second kappa shape index (κ2) is 8.61. The zero-order valence-electron chi connectivity index (χ0n) is 21.1. The lowest BCUT2D eigenvalue weighted by Gasteiger charge is -2.58. The van der Waals surface area contributed by atoms with E-state index in [2.05, 4.69) is 20.8 Å². The summed E-state index contributed by atoms with van der Waals surface area (Å²) in [7, 11) is 0. The fourth-order valence-corrected chi connectivity index (χ4v) is 8.78. The normalized spacial score (nSPS) is 42.5. The van der Waals surface area contributed by atoms with Gasteiger partial charge in [0.05, 0.1) is 5.92 Å². The summed E-state index contributed by atoms with van der Waals surface area (Å²) in [6, 6.07) is 0. The second-order valence-corrected chi connectivity index (χ2v) is 12.7. The van der Waals surface area contributed by atoms with Crippen molar-refractivity contribution in [2.24, 2.45) is 58.2 Å². The molecule has 0 aromatic heterocycles. The van der Waals surface area contributed by atoms with Crippen molar-refractivity contribution in [2.45, 2.75) is 92.4 Å². The first-order chi connectivity index (χ1) is 15.4. The maximum atomic E-state index is 13.8. The maximum Gasteiger partial charge on any atom is 0.306 e. The van der Waals surface area contributed by atoms with Crippen molar-refractivity contribution in [3.05, 3.63) is 0 Å². The third kappa shape index (κ3) is 3.82. The number of ketones is 3. The van der Waals surface area contributed by atoms with E-state index in [0.717, 1.165) is 25.7 Å². The average molecular weight is 459 g/mol. The molecule has 4 aliphatic rings. The van der Waals surface area contributed by atoms with Crippen LogP contribution in [-0.2, 0) is 19.2 Å². The Morgan fingerprint density at radius 3 is 2.33 bits per heavy atom. The van der Waals surface area contributed by atoms with E-state index in [1.165, 1.54) is 0 Å². The van der Waals surface area contributed by atoms with Crippen LogP contribution in [-0.4, -0.2) is 28.4 Å². The molecule has 33 heavy (non-hydrogen) atoms. The minimum atomic E-state index is -0.731. The molecule has 0 radical (unpaired) electrons. The van der Waals surface area contributed by atoms with E-state index < -0.39 is 11.4 Å². The monoisotopic (exact) mass is 458 g/mol. The number of rotatable bonds is 6. The van der Waals surface area contributed by atoms with E-state index in [1.54, 1.807) is 0 Å². The highest BCUT2D eigenvalue weighted by Gasteiger charge is 2.66. The van der Waals surface area contributed by atoms with Crippen molar-refractivity contribution in [1.29, 1.82) is 0 Å². The maximum absolute atomic E-state index is 13.8. The number of aliphatic carboxylic acids is 1. The van der Waals surface area contributed by atoms with Gasteiger partial charge in [-0.1, -0.05) is 34.6 Å². The van der Waals surface area contributed by atoms with E-state index in [9.17, 15) is 24.3 Å². The number of fused-ring (bicyclic) bond motifs is 5. The van der Waals surface area contributed by atoms with Gasteiger partial charge in [0.25, 0.3) is 0 Å². The van der Waals surface area contributed by atoms with Crippen molar-refractivity contribution >= 4 is 23.3 Å². The molecule has 4 aliphatic carbocycles. The molecule has 0 aliphatic heterocycles. The van der Waals surface area contributed by atoms with Gasteiger partial charge in [-0.15, -0.1) is 0 Å². The first-order valence-electron chi connectivity index (χ1n) is 13.2. The number of hydrogen-bond acceptors (Lipinski definition) is 4. The topological polar surface area (TPSA) is 88.5 Å². The van der Waals surface area contributed by atoms with Gasteiger partial charge in [-0.05, 0) is 73.0 Å². The minimum absolute atomic E-state index is 0.0539. The van der Waals surface area contributed by atoms with Crippen LogP contribution in [0.25, 0.3) is 0 Å². The molecule has 0 heterocycles. The van der Waals surface area contributed by atoms with Crippen LogP contribution in [0.4, 0.5) is 0 Å². The lowest BCUT2D eigenvalue weighted by atomic mass is 9.44. The standard InChI is InChI=1S/C28H42O5/c1-15(2)19(26(32)33)7-6-16(3)20-8-9-21-25-22(14-24(31)28(20,21)5)27(4)11-10-18(29)12-17(27)13-23(25)30/h15-17,19-22,25H,6-14H2,1-5H3,(H,32,33)/t16-,17+,19?,20-,21+,22+,25+,27+,28-/m1/s1. The summed E-state index contributed by atoms with van der Waals surface area (Å²) in [6.07, 6.45) is 6.17. The highest BCUT2D eigenvalue weighted by atomic mass is 16.4. The van der Waals surface area contributed by atoms with Crippen LogP contribution in [0, 0.1) is 58.2 Å². The Bertz CT molecular complexity index is 845. The molecule has 0 amide bonds. The van der Waals surface area contributed by atoms with Crippen molar-refractivity contribution in [1.82, 2.24) is 0 Å². The summed E-state index contributed by atoms with van der Waals surface area (Å²) in [5.41, 5.74) is -0.570. The van der Waals surface area contributed by atoms with E-state index in [0.29, 0.717) is 43.7 Å². The Balaban J connectivity index is 1.56. The lowest BCUT2D eigenvalue weighted by molar-refractivity contribution is -0.166. The minimum Gasteiger partial charge on any atom is -0.481 e. The number of carbonyl (C=O) groups is 4. The number of hydrogen-bond donors (Lipinski definition) is 1. The van der Waals surface area contributed by atoms with Crippen LogP contribution in [0.5, 0.6) is 0 Å². The van der Waals surface area contributed by atoms with Crippen LogP contribution < -0.4 is 0 Å². The Morgan fingerprint density at radius 2 is 1.70 bits per heavy atom. The highest BCUT2D eigenvalue weighted by molar-refractivity contribution is 5.93. The summed E-state index contributed by atoms with van der Waals surface area (Å²) >= 11 is 0. The van der Waals surface area contributed by atoms with Crippen LogP contribution >= 0.6 is 0 Å². The predicted molar refractivity (Wildman–Crippen MR) is 125 cm³/mol. The summed E-state index contributed by atoms with van der Waals surface area (Å²) in [5, 5.41) is 9.58. The number of carboxylic acid groups (broad SMARTS) is 1. The first kappa shape index (κ1) is 24.6. The van der Waals surface area contributed by atoms with Gasteiger partial charge in [-0.3, -0.25) is 19.2 Å². The highest BCUT2D eigenvalue weighted by Crippen LogP contribution is 2.66. The predicted octanol–water partition coefficient (Wildman–Crippen LogP) is 5.35. The number of carbonyl (C=O) groups excluding carboxylic acids is 3. The smallest absolute Gasteiger partial charge is 0.306 e.